The molecule has 3 heterocycles. The van der Waals surface area contributed by atoms with E-state index in [0.717, 1.165) is 77.2 Å². The van der Waals surface area contributed by atoms with Crippen LogP contribution in [0, 0.1) is 5.92 Å². The van der Waals surface area contributed by atoms with Crippen LogP contribution in [0.1, 0.15) is 42.5 Å². The number of morpholine rings is 1. The minimum atomic E-state index is 0.0973. The van der Waals surface area contributed by atoms with Gasteiger partial charge in [-0.15, -0.1) is 0 Å². The van der Waals surface area contributed by atoms with Crippen molar-refractivity contribution in [1.29, 1.82) is 0 Å². The van der Waals surface area contributed by atoms with E-state index in [9.17, 15) is 4.79 Å². The van der Waals surface area contributed by atoms with Crippen molar-refractivity contribution in [2.45, 2.75) is 38.1 Å². The second-order valence-corrected chi connectivity index (χ2v) is 8.23. The Balaban J connectivity index is 1.51. The van der Waals surface area contributed by atoms with Gasteiger partial charge >= 0.3 is 0 Å². The highest BCUT2D eigenvalue weighted by atomic mass is 35.5. The first-order chi connectivity index (χ1) is 12.6. The fourth-order valence-electron chi connectivity index (χ4n) is 4.24. The first kappa shape index (κ1) is 18.5. The summed E-state index contributed by atoms with van der Waals surface area (Å²) in [6.45, 7) is 5.50. The zero-order valence-electron chi connectivity index (χ0n) is 14.9. The average Bonchev–Trinajstić information content (AvgIpc) is 2.60. The fraction of sp³-hybridized carbons (Fsp3) is 0.684. The van der Waals surface area contributed by atoms with Crippen LogP contribution in [0.3, 0.4) is 0 Å². The van der Waals surface area contributed by atoms with Gasteiger partial charge in [0.2, 0.25) is 0 Å². The molecule has 1 aromatic heterocycles. The van der Waals surface area contributed by atoms with Gasteiger partial charge in [-0.2, -0.15) is 0 Å². The lowest BCUT2D eigenvalue weighted by Gasteiger charge is -2.41. The quantitative estimate of drug-likeness (QED) is 0.572. The number of anilines is 1. The van der Waals surface area contributed by atoms with E-state index in [1.54, 1.807) is 0 Å². The number of Topliss-reactive ketones (excluding diaryl/α,β-unsaturated/α-hetero) is 1. The summed E-state index contributed by atoms with van der Waals surface area (Å²) in [6.07, 6.45) is 5.19. The van der Waals surface area contributed by atoms with Gasteiger partial charge in [0.05, 0.1) is 24.5 Å². The number of piperidine rings is 1. The summed E-state index contributed by atoms with van der Waals surface area (Å²) >= 11 is 12.5. The molecule has 0 bridgehead atoms. The molecule has 3 aliphatic rings. The number of carbonyl (C=O) groups is 1. The lowest BCUT2D eigenvalue weighted by Crippen LogP contribution is -2.49. The lowest BCUT2D eigenvalue weighted by molar-refractivity contribution is 0.0115. The van der Waals surface area contributed by atoms with Crippen molar-refractivity contribution >= 4 is 34.7 Å². The third-order valence-corrected chi connectivity index (χ3v) is 6.48. The Hall–Kier alpha value is -0.880. The number of hydrogen-bond donors (Lipinski definition) is 0. The van der Waals surface area contributed by atoms with E-state index in [0.29, 0.717) is 16.8 Å². The summed E-state index contributed by atoms with van der Waals surface area (Å²) in [6, 6.07) is 2.41. The number of hydrogen-bond acceptors (Lipinski definition) is 5. The van der Waals surface area contributed by atoms with Crippen LogP contribution in [0.2, 0.25) is 10.3 Å². The predicted octanol–water partition coefficient (Wildman–Crippen LogP) is 3.67. The molecule has 0 N–H and O–H groups in total. The SMILES string of the molecule is O=C(c1c(N2CCC(N3CCOCC3)CC2)cc(Cl)nc1Cl)C1CCC1. The van der Waals surface area contributed by atoms with Crippen LogP contribution in [0.15, 0.2) is 6.07 Å². The van der Waals surface area contributed by atoms with Crippen LogP contribution in [0.5, 0.6) is 0 Å². The third kappa shape index (κ3) is 3.72. The maximum absolute atomic E-state index is 12.9. The highest BCUT2D eigenvalue weighted by molar-refractivity contribution is 6.36. The number of aromatic nitrogens is 1. The van der Waals surface area contributed by atoms with E-state index < -0.39 is 0 Å². The molecule has 3 fully saturated rings. The summed E-state index contributed by atoms with van der Waals surface area (Å²) in [7, 11) is 0. The average molecular weight is 398 g/mol. The lowest BCUT2D eigenvalue weighted by atomic mass is 9.80. The first-order valence-corrected chi connectivity index (χ1v) is 10.4. The molecule has 0 atom stereocenters. The maximum Gasteiger partial charge on any atom is 0.171 e. The van der Waals surface area contributed by atoms with Crippen molar-refractivity contribution in [3.63, 3.8) is 0 Å². The molecule has 0 radical (unpaired) electrons. The zero-order chi connectivity index (χ0) is 18.1. The van der Waals surface area contributed by atoms with E-state index >= 15 is 0 Å². The molecule has 1 saturated carbocycles. The Kier molecular flexibility index (Phi) is 5.69. The molecule has 26 heavy (non-hydrogen) atoms. The van der Waals surface area contributed by atoms with Gasteiger partial charge in [-0.3, -0.25) is 9.69 Å². The maximum atomic E-state index is 12.9. The fourth-order valence-corrected chi connectivity index (χ4v) is 4.75. The molecule has 1 aromatic rings. The summed E-state index contributed by atoms with van der Waals surface area (Å²) in [5.74, 6) is 0.232. The molecular weight excluding hydrogens is 373 g/mol. The molecule has 0 spiro atoms. The number of pyridine rings is 1. The Morgan fingerprint density at radius 1 is 1.08 bits per heavy atom. The molecule has 0 aromatic carbocycles. The second-order valence-electron chi connectivity index (χ2n) is 7.49. The molecule has 5 nitrogen and oxygen atoms in total. The van der Waals surface area contributed by atoms with Gasteiger partial charge < -0.3 is 9.64 Å². The monoisotopic (exact) mass is 397 g/mol. The van der Waals surface area contributed by atoms with Gasteiger partial charge in [0.15, 0.2) is 5.78 Å². The number of rotatable bonds is 4. The van der Waals surface area contributed by atoms with Crippen molar-refractivity contribution in [1.82, 2.24) is 9.88 Å². The van der Waals surface area contributed by atoms with Gasteiger partial charge in [0, 0.05) is 38.1 Å². The topological polar surface area (TPSA) is 45.7 Å². The van der Waals surface area contributed by atoms with Gasteiger partial charge in [-0.05, 0) is 31.7 Å². The Labute approximate surface area is 164 Å². The van der Waals surface area contributed by atoms with Gasteiger partial charge in [-0.1, -0.05) is 29.6 Å². The van der Waals surface area contributed by atoms with Crippen LogP contribution >= 0.6 is 23.2 Å². The molecule has 2 aliphatic heterocycles. The van der Waals surface area contributed by atoms with Crippen LogP contribution in [0.4, 0.5) is 5.69 Å². The second kappa shape index (κ2) is 8.01. The number of ether oxygens (including phenoxy) is 1. The molecule has 7 heteroatoms. The van der Waals surface area contributed by atoms with E-state index in [4.69, 9.17) is 27.9 Å². The number of carbonyl (C=O) groups excluding carboxylic acids is 1. The van der Waals surface area contributed by atoms with E-state index in [-0.39, 0.29) is 16.9 Å². The summed E-state index contributed by atoms with van der Waals surface area (Å²) in [5, 5.41) is 0.602. The number of ketones is 1. The largest absolute Gasteiger partial charge is 0.379 e. The molecule has 0 amide bonds. The minimum Gasteiger partial charge on any atom is -0.379 e. The Morgan fingerprint density at radius 3 is 2.38 bits per heavy atom. The Morgan fingerprint density at radius 2 is 1.77 bits per heavy atom. The van der Waals surface area contributed by atoms with Crippen molar-refractivity contribution < 1.29 is 9.53 Å². The number of nitrogens with zero attached hydrogens (tertiary/aromatic N) is 3. The van der Waals surface area contributed by atoms with Gasteiger partial charge in [-0.25, -0.2) is 4.98 Å². The molecule has 0 unspecified atom stereocenters. The van der Waals surface area contributed by atoms with Crippen LogP contribution < -0.4 is 4.90 Å². The standard InChI is InChI=1S/C19H25Cl2N3O2/c20-16-12-15(17(19(21)22-16)18(25)13-2-1-3-13)24-6-4-14(5-7-24)23-8-10-26-11-9-23/h12-14H,1-11H2. The van der Waals surface area contributed by atoms with Crippen molar-refractivity contribution in [3.05, 3.63) is 21.9 Å². The summed E-state index contributed by atoms with van der Waals surface area (Å²) < 4.78 is 5.46. The highest BCUT2D eigenvalue weighted by Gasteiger charge is 2.33. The van der Waals surface area contributed by atoms with Gasteiger partial charge in [0.1, 0.15) is 10.3 Å². The van der Waals surface area contributed by atoms with Crippen LogP contribution in [-0.2, 0) is 4.74 Å². The van der Waals surface area contributed by atoms with E-state index in [1.807, 2.05) is 6.07 Å². The van der Waals surface area contributed by atoms with Crippen molar-refractivity contribution in [2.24, 2.45) is 5.92 Å². The predicted molar refractivity (Wildman–Crippen MR) is 104 cm³/mol. The Bertz CT molecular complexity index is 667. The van der Waals surface area contributed by atoms with E-state index in [1.165, 1.54) is 0 Å². The molecule has 2 saturated heterocycles. The smallest absolute Gasteiger partial charge is 0.171 e. The summed E-state index contributed by atoms with van der Waals surface area (Å²) in [4.78, 5) is 21.9. The van der Waals surface area contributed by atoms with Crippen molar-refractivity contribution in [2.75, 3.05) is 44.3 Å². The summed E-state index contributed by atoms with van der Waals surface area (Å²) in [5.41, 5.74) is 1.44. The molecule has 1 aliphatic carbocycles. The molecular formula is C19H25Cl2N3O2. The molecule has 4 rings (SSSR count). The molecule has 142 valence electrons. The zero-order valence-corrected chi connectivity index (χ0v) is 16.4. The van der Waals surface area contributed by atoms with Crippen molar-refractivity contribution in [3.8, 4) is 0 Å². The minimum absolute atomic E-state index is 0.0973. The van der Waals surface area contributed by atoms with Crippen LogP contribution in [0.25, 0.3) is 0 Å². The third-order valence-electron chi connectivity index (χ3n) is 6.01. The highest BCUT2D eigenvalue weighted by Crippen LogP contribution is 2.37. The first-order valence-electron chi connectivity index (χ1n) is 9.60. The number of halogens is 2. The van der Waals surface area contributed by atoms with Gasteiger partial charge in [0.25, 0.3) is 0 Å². The van der Waals surface area contributed by atoms with Crippen LogP contribution in [-0.4, -0.2) is 61.1 Å². The van der Waals surface area contributed by atoms with E-state index in [2.05, 4.69) is 14.8 Å². The normalized spacial score (nSPS) is 23.1.